The van der Waals surface area contributed by atoms with Crippen LogP contribution in [0.2, 0.25) is 0 Å². The molecule has 1 aliphatic carbocycles. The summed E-state index contributed by atoms with van der Waals surface area (Å²) in [6.45, 7) is 6.34. The van der Waals surface area contributed by atoms with Gasteiger partial charge in [-0.1, -0.05) is 6.92 Å². The molecule has 2 aliphatic rings. The predicted molar refractivity (Wildman–Crippen MR) is 77.6 cm³/mol. The van der Waals surface area contributed by atoms with Gasteiger partial charge in [-0.2, -0.15) is 0 Å². The van der Waals surface area contributed by atoms with Crippen LogP contribution in [0.3, 0.4) is 0 Å². The number of alkyl halides is 2. The second kappa shape index (κ2) is 5.79. The average Bonchev–Trinajstić information content (AvgIpc) is 2.97. The first-order chi connectivity index (χ1) is 8.90. The van der Waals surface area contributed by atoms with Crippen molar-refractivity contribution in [1.82, 2.24) is 4.90 Å². The molecule has 1 saturated carbocycles. The Morgan fingerprint density at radius 3 is 2.63 bits per heavy atom. The summed E-state index contributed by atoms with van der Waals surface area (Å²) >= 11 is 12.2. The summed E-state index contributed by atoms with van der Waals surface area (Å²) in [5, 5.41) is 0. The summed E-state index contributed by atoms with van der Waals surface area (Å²) in [4.78, 5) is 14.4. The Balaban J connectivity index is 1.88. The molecule has 0 aromatic carbocycles. The van der Waals surface area contributed by atoms with E-state index in [2.05, 4.69) is 6.92 Å². The Bertz CT molecular complexity index is 348. The molecular formula is C14H23Cl2NO2. The minimum absolute atomic E-state index is 0.105. The number of hydrogen-bond acceptors (Lipinski definition) is 2. The van der Waals surface area contributed by atoms with E-state index in [1.807, 2.05) is 11.8 Å². The van der Waals surface area contributed by atoms with Crippen LogP contribution < -0.4 is 0 Å². The van der Waals surface area contributed by atoms with Crippen LogP contribution in [0.4, 0.5) is 0 Å². The first-order valence-electron chi connectivity index (χ1n) is 7.19. The maximum Gasteiger partial charge on any atom is 0.231 e. The zero-order chi connectivity index (χ0) is 14.1. The van der Waals surface area contributed by atoms with Crippen molar-refractivity contribution in [3.63, 3.8) is 0 Å². The first kappa shape index (κ1) is 15.4. The highest BCUT2D eigenvalue weighted by Crippen LogP contribution is 2.64. The van der Waals surface area contributed by atoms with Gasteiger partial charge in [-0.05, 0) is 39.0 Å². The van der Waals surface area contributed by atoms with Crippen LogP contribution in [0.5, 0.6) is 0 Å². The Kier molecular flexibility index (Phi) is 4.69. The Labute approximate surface area is 125 Å². The normalized spacial score (nSPS) is 33.9. The number of rotatable bonds is 4. The Morgan fingerprint density at radius 2 is 2.05 bits per heavy atom. The lowest BCUT2D eigenvalue weighted by molar-refractivity contribution is -0.136. The van der Waals surface area contributed by atoms with Gasteiger partial charge in [0.25, 0.3) is 0 Å². The number of carbonyl (C=O) groups is 1. The quantitative estimate of drug-likeness (QED) is 0.745. The third kappa shape index (κ3) is 3.20. The molecule has 0 radical (unpaired) electrons. The number of nitrogens with zero attached hydrogens (tertiary/aromatic N) is 1. The maximum absolute atomic E-state index is 12.5. The maximum atomic E-state index is 12.5. The van der Waals surface area contributed by atoms with Gasteiger partial charge < -0.3 is 9.64 Å². The number of ether oxygens (including phenoxy) is 1. The summed E-state index contributed by atoms with van der Waals surface area (Å²) in [7, 11) is 0. The van der Waals surface area contributed by atoms with Crippen molar-refractivity contribution < 1.29 is 9.53 Å². The van der Waals surface area contributed by atoms with Gasteiger partial charge in [-0.15, -0.1) is 23.2 Å². The first-order valence-corrected chi connectivity index (χ1v) is 7.95. The van der Waals surface area contributed by atoms with Crippen molar-refractivity contribution in [3.05, 3.63) is 0 Å². The minimum atomic E-state index is -0.867. The fourth-order valence-electron chi connectivity index (χ4n) is 2.70. The van der Waals surface area contributed by atoms with Crippen LogP contribution in [0.15, 0.2) is 0 Å². The topological polar surface area (TPSA) is 29.5 Å². The van der Waals surface area contributed by atoms with E-state index >= 15 is 0 Å². The highest BCUT2D eigenvalue weighted by Gasteiger charge is 2.68. The van der Waals surface area contributed by atoms with Gasteiger partial charge in [0.15, 0.2) is 0 Å². The molecule has 2 atom stereocenters. The molecule has 0 aromatic rings. The third-order valence-corrected chi connectivity index (χ3v) is 5.35. The van der Waals surface area contributed by atoms with E-state index in [4.69, 9.17) is 27.9 Å². The van der Waals surface area contributed by atoms with Gasteiger partial charge in [0.1, 0.15) is 4.33 Å². The van der Waals surface area contributed by atoms with Gasteiger partial charge in [-0.3, -0.25) is 4.79 Å². The van der Waals surface area contributed by atoms with E-state index in [1.165, 1.54) is 0 Å². The Morgan fingerprint density at radius 1 is 1.37 bits per heavy atom. The van der Waals surface area contributed by atoms with Crippen LogP contribution in [0.25, 0.3) is 0 Å². The van der Waals surface area contributed by atoms with Gasteiger partial charge in [-0.25, -0.2) is 0 Å². The van der Waals surface area contributed by atoms with Crippen LogP contribution in [0.1, 0.15) is 46.0 Å². The van der Waals surface area contributed by atoms with E-state index in [0.29, 0.717) is 12.5 Å². The smallest absolute Gasteiger partial charge is 0.231 e. The number of likely N-dealkylation sites (tertiary alicyclic amines) is 1. The molecule has 0 spiro atoms. The minimum Gasteiger partial charge on any atom is -0.378 e. The Hall–Kier alpha value is 0.01000. The summed E-state index contributed by atoms with van der Waals surface area (Å²) in [6.07, 6.45) is 4.84. The van der Waals surface area contributed by atoms with Crippen molar-refractivity contribution >= 4 is 29.1 Å². The van der Waals surface area contributed by atoms with E-state index in [1.54, 1.807) is 0 Å². The monoisotopic (exact) mass is 307 g/mol. The third-order valence-electron chi connectivity index (χ3n) is 4.25. The molecule has 0 aromatic heterocycles. The molecule has 1 aliphatic heterocycles. The zero-order valence-corrected chi connectivity index (χ0v) is 13.3. The number of halogens is 2. The standard InChI is InChI=1S/C14H23Cl2NO2/c1-3-9-19-11-5-4-7-17(8-6-11)12(18)13(2)10-14(13,15)16/h11H,3-10H2,1-2H3. The molecule has 2 fully saturated rings. The molecule has 0 bridgehead atoms. The largest absolute Gasteiger partial charge is 0.378 e. The number of carbonyl (C=O) groups excluding carboxylic acids is 1. The highest BCUT2D eigenvalue weighted by atomic mass is 35.5. The van der Waals surface area contributed by atoms with Crippen molar-refractivity contribution in [2.45, 2.75) is 56.4 Å². The van der Waals surface area contributed by atoms with E-state index in [-0.39, 0.29) is 5.91 Å². The highest BCUT2D eigenvalue weighted by molar-refractivity contribution is 6.53. The molecule has 1 heterocycles. The fraction of sp³-hybridized carbons (Fsp3) is 0.929. The van der Waals surface area contributed by atoms with Crippen LogP contribution in [-0.4, -0.2) is 40.9 Å². The molecule has 0 N–H and O–H groups in total. The van der Waals surface area contributed by atoms with Gasteiger partial charge >= 0.3 is 0 Å². The summed E-state index contributed by atoms with van der Waals surface area (Å²) < 4.78 is 4.93. The van der Waals surface area contributed by atoms with Crippen LogP contribution in [-0.2, 0) is 9.53 Å². The molecule has 110 valence electrons. The van der Waals surface area contributed by atoms with Crippen LogP contribution >= 0.6 is 23.2 Å². The molecule has 2 unspecified atom stereocenters. The van der Waals surface area contributed by atoms with E-state index in [9.17, 15) is 4.79 Å². The number of amides is 1. The second-order valence-electron chi connectivity index (χ2n) is 5.93. The van der Waals surface area contributed by atoms with Crippen molar-refractivity contribution in [2.75, 3.05) is 19.7 Å². The lowest BCUT2D eigenvalue weighted by atomic mass is 10.1. The zero-order valence-electron chi connectivity index (χ0n) is 11.8. The molecule has 19 heavy (non-hydrogen) atoms. The van der Waals surface area contributed by atoms with Crippen molar-refractivity contribution in [3.8, 4) is 0 Å². The van der Waals surface area contributed by atoms with Gasteiger partial charge in [0.2, 0.25) is 5.91 Å². The average molecular weight is 308 g/mol. The second-order valence-corrected chi connectivity index (χ2v) is 7.41. The molecule has 1 amide bonds. The lowest BCUT2D eigenvalue weighted by Gasteiger charge is -2.25. The molecule has 5 heteroatoms. The molecule has 2 rings (SSSR count). The molecule has 1 saturated heterocycles. The van der Waals surface area contributed by atoms with Gasteiger partial charge in [0, 0.05) is 19.7 Å². The van der Waals surface area contributed by atoms with Crippen LogP contribution in [0, 0.1) is 5.41 Å². The van der Waals surface area contributed by atoms with E-state index < -0.39 is 9.75 Å². The molecule has 3 nitrogen and oxygen atoms in total. The van der Waals surface area contributed by atoms with Crippen molar-refractivity contribution in [2.24, 2.45) is 5.41 Å². The fourth-order valence-corrected chi connectivity index (χ4v) is 3.40. The summed E-state index contributed by atoms with van der Waals surface area (Å²) in [5.41, 5.74) is -0.583. The predicted octanol–water partition coefficient (Wildman–Crippen LogP) is 3.38. The summed E-state index contributed by atoms with van der Waals surface area (Å²) in [5.74, 6) is 0.105. The lowest BCUT2D eigenvalue weighted by Crippen LogP contribution is -2.39. The van der Waals surface area contributed by atoms with Gasteiger partial charge in [0.05, 0.1) is 11.5 Å². The number of hydrogen-bond donors (Lipinski definition) is 0. The SMILES string of the molecule is CCCOC1CCCN(C(=O)C2(C)CC2(Cl)Cl)CC1. The van der Waals surface area contributed by atoms with Crippen molar-refractivity contribution in [1.29, 1.82) is 0 Å². The summed E-state index contributed by atoms with van der Waals surface area (Å²) in [6, 6.07) is 0. The van der Waals surface area contributed by atoms with E-state index in [0.717, 1.165) is 45.4 Å². The molecular weight excluding hydrogens is 285 g/mol.